The summed E-state index contributed by atoms with van der Waals surface area (Å²) in [7, 11) is 0. The summed E-state index contributed by atoms with van der Waals surface area (Å²) in [6.45, 7) is 6.87. The summed E-state index contributed by atoms with van der Waals surface area (Å²) in [6, 6.07) is 14.1. The number of hydrogen-bond donors (Lipinski definition) is 1. The fraction of sp³-hybridized carbons (Fsp3) is 0.368. The van der Waals surface area contributed by atoms with Gasteiger partial charge in [0.05, 0.1) is 32.8 Å². The molecule has 0 atom stereocenters. The number of nitrogens with zero attached hydrogens (tertiary/aromatic N) is 2. The number of piperazine rings is 1. The molecule has 1 fully saturated rings. The highest BCUT2D eigenvalue weighted by Gasteiger charge is 2.26. The van der Waals surface area contributed by atoms with Gasteiger partial charge < -0.3 is 14.5 Å². The van der Waals surface area contributed by atoms with Gasteiger partial charge in [-0.3, -0.25) is 4.79 Å². The fourth-order valence-electron chi connectivity index (χ4n) is 3.06. The van der Waals surface area contributed by atoms with Crippen molar-refractivity contribution < 1.29 is 14.4 Å². The van der Waals surface area contributed by atoms with Crippen LogP contribution in [-0.4, -0.2) is 48.6 Å². The van der Waals surface area contributed by atoms with Crippen molar-refractivity contribution in [2.45, 2.75) is 13.5 Å². The Morgan fingerprint density at radius 2 is 1.92 bits per heavy atom. The molecule has 0 aliphatic carbocycles. The van der Waals surface area contributed by atoms with E-state index in [1.165, 1.54) is 10.5 Å². The zero-order chi connectivity index (χ0) is 16.8. The number of hydrogen-bond acceptors (Lipinski definition) is 3. The molecule has 1 aliphatic heterocycles. The summed E-state index contributed by atoms with van der Waals surface area (Å²) in [6.07, 6.45) is 1.66. The van der Waals surface area contributed by atoms with E-state index < -0.39 is 0 Å². The van der Waals surface area contributed by atoms with Gasteiger partial charge in [0.25, 0.3) is 5.91 Å². The first kappa shape index (κ1) is 16.5. The number of nitrogens with one attached hydrogen (secondary N) is 1. The summed E-state index contributed by atoms with van der Waals surface area (Å²) >= 11 is 0. The molecule has 3 rings (SSSR count). The van der Waals surface area contributed by atoms with Crippen LogP contribution in [-0.2, 0) is 6.54 Å². The van der Waals surface area contributed by atoms with E-state index in [9.17, 15) is 4.79 Å². The highest BCUT2D eigenvalue weighted by atomic mass is 16.5. The van der Waals surface area contributed by atoms with E-state index in [2.05, 4.69) is 29.2 Å². The van der Waals surface area contributed by atoms with Crippen molar-refractivity contribution in [2.24, 2.45) is 0 Å². The van der Waals surface area contributed by atoms with Crippen LogP contribution in [0.25, 0.3) is 0 Å². The van der Waals surface area contributed by atoms with Crippen LogP contribution in [0.1, 0.15) is 22.8 Å². The number of amides is 1. The predicted octanol–water partition coefficient (Wildman–Crippen LogP) is 1.02. The van der Waals surface area contributed by atoms with Crippen LogP contribution in [0.4, 0.5) is 0 Å². The third-order valence-electron chi connectivity index (χ3n) is 4.34. The highest BCUT2D eigenvalue weighted by Crippen LogP contribution is 2.16. The average Bonchev–Trinajstić information content (AvgIpc) is 2.63. The molecule has 0 spiro atoms. The lowest BCUT2D eigenvalue weighted by molar-refractivity contribution is -0.917. The van der Waals surface area contributed by atoms with E-state index in [4.69, 9.17) is 4.74 Å². The first-order chi connectivity index (χ1) is 11.8. The van der Waals surface area contributed by atoms with Crippen LogP contribution in [0.15, 0.2) is 48.7 Å². The molecule has 0 saturated carbocycles. The fourth-order valence-corrected chi connectivity index (χ4v) is 3.06. The van der Waals surface area contributed by atoms with E-state index >= 15 is 0 Å². The number of benzene rings is 1. The Hall–Kier alpha value is -2.40. The smallest absolute Gasteiger partial charge is 0.259 e. The van der Waals surface area contributed by atoms with Crippen molar-refractivity contribution >= 4 is 5.91 Å². The Bertz CT molecular complexity index is 667. The molecule has 1 aliphatic rings. The molecular weight excluding hydrogens is 302 g/mol. The van der Waals surface area contributed by atoms with Crippen molar-refractivity contribution in [1.29, 1.82) is 0 Å². The quantitative estimate of drug-likeness (QED) is 0.892. The molecule has 1 aromatic heterocycles. The second kappa shape index (κ2) is 7.93. The highest BCUT2D eigenvalue weighted by molar-refractivity contribution is 5.96. The Morgan fingerprint density at radius 3 is 2.62 bits per heavy atom. The van der Waals surface area contributed by atoms with E-state index in [0.29, 0.717) is 18.1 Å². The third kappa shape index (κ3) is 3.92. The Morgan fingerprint density at radius 1 is 1.17 bits per heavy atom. The molecule has 0 unspecified atom stereocenters. The first-order valence-electron chi connectivity index (χ1n) is 8.52. The summed E-state index contributed by atoms with van der Waals surface area (Å²) in [4.78, 5) is 20.4. The number of quaternary nitrogens is 1. The number of ether oxygens (including phenoxy) is 1. The monoisotopic (exact) mass is 326 g/mol. The minimum absolute atomic E-state index is 0.0188. The van der Waals surface area contributed by atoms with Gasteiger partial charge in [0, 0.05) is 11.8 Å². The van der Waals surface area contributed by atoms with Gasteiger partial charge in [-0.2, -0.15) is 0 Å². The second-order valence-electron chi connectivity index (χ2n) is 5.99. The van der Waals surface area contributed by atoms with Crippen LogP contribution in [0, 0.1) is 0 Å². The average molecular weight is 326 g/mol. The maximum atomic E-state index is 12.8. The van der Waals surface area contributed by atoms with Gasteiger partial charge in [0.2, 0.25) is 5.88 Å². The van der Waals surface area contributed by atoms with Gasteiger partial charge in [-0.25, -0.2) is 4.98 Å². The van der Waals surface area contributed by atoms with Crippen molar-refractivity contribution in [3.8, 4) is 5.88 Å². The molecule has 1 saturated heterocycles. The van der Waals surface area contributed by atoms with Crippen molar-refractivity contribution in [3.05, 3.63) is 59.8 Å². The summed E-state index contributed by atoms with van der Waals surface area (Å²) in [5.41, 5.74) is 1.91. The largest absolute Gasteiger partial charge is 0.477 e. The van der Waals surface area contributed by atoms with Crippen molar-refractivity contribution in [2.75, 3.05) is 32.8 Å². The Kier molecular flexibility index (Phi) is 5.43. The molecule has 1 N–H and O–H groups in total. The summed E-state index contributed by atoms with van der Waals surface area (Å²) in [5, 5.41) is 0. The third-order valence-corrected chi connectivity index (χ3v) is 4.34. The molecule has 5 nitrogen and oxygen atoms in total. The molecule has 1 amide bonds. The predicted molar refractivity (Wildman–Crippen MR) is 92.2 cm³/mol. The maximum Gasteiger partial charge on any atom is 0.259 e. The van der Waals surface area contributed by atoms with E-state index in [-0.39, 0.29) is 5.91 Å². The topological polar surface area (TPSA) is 46.9 Å². The Labute approximate surface area is 142 Å². The van der Waals surface area contributed by atoms with Crippen molar-refractivity contribution in [1.82, 2.24) is 9.88 Å². The van der Waals surface area contributed by atoms with Crippen molar-refractivity contribution in [3.63, 3.8) is 0 Å². The van der Waals surface area contributed by atoms with E-state index in [1.54, 1.807) is 18.3 Å². The van der Waals surface area contributed by atoms with Gasteiger partial charge in [-0.15, -0.1) is 0 Å². The van der Waals surface area contributed by atoms with Crippen LogP contribution in [0.5, 0.6) is 5.88 Å². The second-order valence-corrected chi connectivity index (χ2v) is 5.99. The van der Waals surface area contributed by atoms with Gasteiger partial charge in [-0.1, -0.05) is 30.3 Å². The molecule has 0 radical (unpaired) electrons. The van der Waals surface area contributed by atoms with Gasteiger partial charge in [-0.05, 0) is 19.1 Å². The minimum atomic E-state index is 0.0188. The zero-order valence-electron chi connectivity index (χ0n) is 14.1. The number of aromatic nitrogens is 1. The van der Waals surface area contributed by atoms with Crippen LogP contribution in [0.2, 0.25) is 0 Å². The SMILES string of the molecule is CCOc1ncccc1C(=O)N1CC[NH+](Cc2ccccc2)CC1. The number of pyridine rings is 1. The lowest BCUT2D eigenvalue weighted by atomic mass is 10.2. The summed E-state index contributed by atoms with van der Waals surface area (Å²) < 4.78 is 5.49. The molecule has 24 heavy (non-hydrogen) atoms. The standard InChI is InChI=1S/C19H23N3O2/c1-2-24-18-17(9-6-10-20-18)19(23)22-13-11-21(12-14-22)15-16-7-4-3-5-8-16/h3-10H,2,11-15H2,1H3/p+1. The molecular formula is C19H24N3O2+. The molecule has 2 heterocycles. The molecule has 0 bridgehead atoms. The van der Waals surface area contributed by atoms with Crippen LogP contribution in [0.3, 0.4) is 0 Å². The molecule has 1 aromatic carbocycles. The van der Waals surface area contributed by atoms with Gasteiger partial charge in [0.15, 0.2) is 0 Å². The molecule has 126 valence electrons. The lowest BCUT2D eigenvalue weighted by Gasteiger charge is -2.32. The lowest BCUT2D eigenvalue weighted by Crippen LogP contribution is -3.13. The number of carbonyl (C=O) groups is 1. The zero-order valence-corrected chi connectivity index (χ0v) is 14.1. The van der Waals surface area contributed by atoms with Crippen LogP contribution >= 0.6 is 0 Å². The Balaban J connectivity index is 1.59. The van der Waals surface area contributed by atoms with Crippen LogP contribution < -0.4 is 9.64 Å². The summed E-state index contributed by atoms with van der Waals surface area (Å²) in [5.74, 6) is 0.453. The minimum Gasteiger partial charge on any atom is -0.477 e. The van der Waals surface area contributed by atoms with E-state index in [1.807, 2.05) is 17.9 Å². The molecule has 2 aromatic rings. The normalized spacial score (nSPS) is 15.3. The van der Waals surface area contributed by atoms with Gasteiger partial charge in [0.1, 0.15) is 12.1 Å². The first-order valence-corrected chi connectivity index (χ1v) is 8.52. The maximum absolute atomic E-state index is 12.8. The number of carbonyl (C=O) groups excluding carboxylic acids is 1. The molecule has 5 heteroatoms. The number of rotatable bonds is 5. The van der Waals surface area contributed by atoms with Gasteiger partial charge >= 0.3 is 0 Å². The van der Waals surface area contributed by atoms with E-state index in [0.717, 1.165) is 32.7 Å².